The van der Waals surface area contributed by atoms with Gasteiger partial charge in [-0.25, -0.2) is 4.79 Å². The largest absolute Gasteiger partial charge is 0.399 e. The summed E-state index contributed by atoms with van der Waals surface area (Å²) in [5.41, 5.74) is 7.12. The molecule has 1 saturated carbocycles. The number of hydrogen-bond donors (Lipinski definition) is 2. The van der Waals surface area contributed by atoms with Crippen molar-refractivity contribution in [2.75, 3.05) is 17.6 Å². The average molecular weight is 247 g/mol. The molecule has 0 saturated heterocycles. The fourth-order valence-corrected chi connectivity index (χ4v) is 2.55. The van der Waals surface area contributed by atoms with Gasteiger partial charge in [0.2, 0.25) is 0 Å². The smallest absolute Gasteiger partial charge is 0.322 e. The van der Waals surface area contributed by atoms with Gasteiger partial charge in [0, 0.05) is 24.0 Å². The summed E-state index contributed by atoms with van der Waals surface area (Å²) in [5, 5.41) is 2.93. The predicted molar refractivity (Wildman–Crippen MR) is 74.5 cm³/mol. The minimum Gasteiger partial charge on any atom is -0.399 e. The zero-order valence-electron chi connectivity index (χ0n) is 10.9. The van der Waals surface area contributed by atoms with Crippen LogP contribution in [0, 0.1) is 0 Å². The molecule has 0 aliphatic heterocycles. The van der Waals surface area contributed by atoms with E-state index < -0.39 is 0 Å². The highest BCUT2D eigenvalue weighted by Crippen LogP contribution is 2.24. The second-order valence-corrected chi connectivity index (χ2v) is 4.78. The van der Waals surface area contributed by atoms with E-state index >= 15 is 0 Å². The van der Waals surface area contributed by atoms with Crippen LogP contribution in [0.3, 0.4) is 0 Å². The van der Waals surface area contributed by atoms with Gasteiger partial charge in [-0.3, -0.25) is 0 Å². The topological polar surface area (TPSA) is 58.4 Å². The van der Waals surface area contributed by atoms with Crippen LogP contribution in [0.15, 0.2) is 24.3 Å². The molecule has 98 valence electrons. The fourth-order valence-electron chi connectivity index (χ4n) is 2.55. The van der Waals surface area contributed by atoms with Gasteiger partial charge in [0.05, 0.1) is 0 Å². The Hall–Kier alpha value is -1.71. The SMILES string of the molecule is CCN(C(=O)Nc1ccc(N)cc1)C1CCCC1. The molecule has 4 nitrogen and oxygen atoms in total. The molecule has 3 N–H and O–H groups in total. The lowest BCUT2D eigenvalue weighted by Gasteiger charge is -2.27. The van der Waals surface area contributed by atoms with Gasteiger partial charge >= 0.3 is 6.03 Å². The van der Waals surface area contributed by atoms with E-state index in [1.165, 1.54) is 12.8 Å². The van der Waals surface area contributed by atoms with Gasteiger partial charge in [0.1, 0.15) is 0 Å². The van der Waals surface area contributed by atoms with E-state index in [1.54, 1.807) is 12.1 Å². The summed E-state index contributed by atoms with van der Waals surface area (Å²) in [5.74, 6) is 0. The summed E-state index contributed by atoms with van der Waals surface area (Å²) >= 11 is 0. The van der Waals surface area contributed by atoms with Crippen molar-refractivity contribution in [3.8, 4) is 0 Å². The van der Waals surface area contributed by atoms with Crippen LogP contribution in [0.1, 0.15) is 32.6 Å². The van der Waals surface area contributed by atoms with Crippen molar-refractivity contribution < 1.29 is 4.79 Å². The van der Waals surface area contributed by atoms with Crippen molar-refractivity contribution in [3.05, 3.63) is 24.3 Å². The van der Waals surface area contributed by atoms with E-state index in [4.69, 9.17) is 5.73 Å². The van der Waals surface area contributed by atoms with Crippen molar-refractivity contribution in [1.82, 2.24) is 4.90 Å². The predicted octanol–water partition coefficient (Wildman–Crippen LogP) is 3.07. The molecule has 0 atom stereocenters. The van der Waals surface area contributed by atoms with E-state index in [-0.39, 0.29) is 6.03 Å². The summed E-state index contributed by atoms with van der Waals surface area (Å²) in [6.45, 7) is 2.78. The second-order valence-electron chi connectivity index (χ2n) is 4.78. The molecule has 0 unspecified atom stereocenters. The number of amides is 2. The van der Waals surface area contributed by atoms with Crippen molar-refractivity contribution in [3.63, 3.8) is 0 Å². The van der Waals surface area contributed by atoms with Crippen LogP contribution >= 0.6 is 0 Å². The van der Waals surface area contributed by atoms with Gasteiger partial charge in [-0.05, 0) is 44.0 Å². The molecule has 4 heteroatoms. The van der Waals surface area contributed by atoms with Crippen molar-refractivity contribution >= 4 is 17.4 Å². The molecule has 0 bridgehead atoms. The first-order chi connectivity index (χ1) is 8.70. The van der Waals surface area contributed by atoms with E-state index in [9.17, 15) is 4.79 Å². The number of anilines is 2. The number of rotatable bonds is 3. The maximum Gasteiger partial charge on any atom is 0.322 e. The van der Waals surface area contributed by atoms with Crippen LogP contribution in [0.5, 0.6) is 0 Å². The minimum absolute atomic E-state index is 0.00540. The quantitative estimate of drug-likeness (QED) is 0.806. The molecule has 1 aromatic rings. The maximum absolute atomic E-state index is 12.2. The Morgan fingerprint density at radius 1 is 1.33 bits per heavy atom. The van der Waals surface area contributed by atoms with E-state index in [0.29, 0.717) is 11.7 Å². The third-order valence-electron chi connectivity index (χ3n) is 3.53. The number of carbonyl (C=O) groups excluding carboxylic acids is 1. The first kappa shape index (κ1) is 12.7. The molecule has 1 aliphatic carbocycles. The van der Waals surface area contributed by atoms with E-state index in [1.807, 2.05) is 24.0 Å². The number of carbonyl (C=O) groups is 1. The van der Waals surface area contributed by atoms with Crippen LogP contribution in [0.2, 0.25) is 0 Å². The van der Waals surface area contributed by atoms with Crippen LogP contribution in [-0.4, -0.2) is 23.5 Å². The number of nitrogen functional groups attached to an aromatic ring is 1. The third kappa shape index (κ3) is 2.94. The minimum atomic E-state index is -0.00540. The molecule has 0 heterocycles. The summed E-state index contributed by atoms with van der Waals surface area (Å²) in [6.07, 6.45) is 4.72. The van der Waals surface area contributed by atoms with Crippen molar-refractivity contribution in [2.24, 2.45) is 0 Å². The Labute approximate surface area is 108 Å². The summed E-state index contributed by atoms with van der Waals surface area (Å²) in [7, 11) is 0. The molecule has 1 fully saturated rings. The van der Waals surface area contributed by atoms with Crippen LogP contribution in [0.4, 0.5) is 16.2 Å². The zero-order valence-corrected chi connectivity index (χ0v) is 10.9. The number of nitrogens with one attached hydrogen (secondary N) is 1. The molecule has 18 heavy (non-hydrogen) atoms. The standard InChI is InChI=1S/C14H21N3O/c1-2-17(13-5-3-4-6-13)14(18)16-12-9-7-11(15)8-10-12/h7-10,13H,2-6,15H2,1H3,(H,16,18). The third-order valence-corrected chi connectivity index (χ3v) is 3.53. The first-order valence-electron chi connectivity index (χ1n) is 6.64. The number of nitrogens with two attached hydrogens (primary N) is 1. The van der Waals surface area contributed by atoms with Gasteiger partial charge in [-0.15, -0.1) is 0 Å². The monoisotopic (exact) mass is 247 g/mol. The molecule has 1 aliphatic rings. The fraction of sp³-hybridized carbons (Fsp3) is 0.500. The van der Waals surface area contributed by atoms with Gasteiger partial charge in [-0.1, -0.05) is 12.8 Å². The highest BCUT2D eigenvalue weighted by Gasteiger charge is 2.25. The zero-order chi connectivity index (χ0) is 13.0. The van der Waals surface area contributed by atoms with Gasteiger partial charge < -0.3 is 16.0 Å². The Morgan fingerprint density at radius 2 is 1.94 bits per heavy atom. The average Bonchev–Trinajstić information content (AvgIpc) is 2.87. The van der Waals surface area contributed by atoms with Gasteiger partial charge in [0.15, 0.2) is 0 Å². The summed E-state index contributed by atoms with van der Waals surface area (Å²) in [6, 6.07) is 7.65. The van der Waals surface area contributed by atoms with Crippen molar-refractivity contribution in [2.45, 2.75) is 38.6 Å². The Balaban J connectivity index is 1.98. The molecule has 0 radical (unpaired) electrons. The van der Waals surface area contributed by atoms with Crippen molar-refractivity contribution in [1.29, 1.82) is 0 Å². The Kier molecular flexibility index (Phi) is 4.07. The number of hydrogen-bond acceptors (Lipinski definition) is 2. The summed E-state index contributed by atoms with van der Waals surface area (Å²) in [4.78, 5) is 14.1. The molecule has 2 rings (SSSR count). The molecule has 1 aromatic carbocycles. The van der Waals surface area contributed by atoms with Gasteiger partial charge in [0.25, 0.3) is 0 Å². The Morgan fingerprint density at radius 3 is 2.50 bits per heavy atom. The van der Waals surface area contributed by atoms with E-state index in [2.05, 4.69) is 5.32 Å². The lowest BCUT2D eigenvalue weighted by Crippen LogP contribution is -2.41. The highest BCUT2D eigenvalue weighted by molar-refractivity contribution is 5.89. The first-order valence-corrected chi connectivity index (χ1v) is 6.64. The normalized spacial score (nSPS) is 15.6. The second kappa shape index (κ2) is 5.76. The van der Waals surface area contributed by atoms with Crippen LogP contribution in [0.25, 0.3) is 0 Å². The van der Waals surface area contributed by atoms with Crippen LogP contribution < -0.4 is 11.1 Å². The highest BCUT2D eigenvalue weighted by atomic mass is 16.2. The number of benzene rings is 1. The lowest BCUT2D eigenvalue weighted by molar-refractivity contribution is 0.192. The molecule has 0 spiro atoms. The molecular weight excluding hydrogens is 226 g/mol. The molecule has 0 aromatic heterocycles. The van der Waals surface area contributed by atoms with E-state index in [0.717, 1.165) is 25.1 Å². The van der Waals surface area contributed by atoms with Gasteiger partial charge in [-0.2, -0.15) is 0 Å². The number of urea groups is 1. The maximum atomic E-state index is 12.2. The van der Waals surface area contributed by atoms with Crippen LogP contribution in [-0.2, 0) is 0 Å². The molecule has 2 amide bonds. The number of nitrogens with zero attached hydrogens (tertiary/aromatic N) is 1. The summed E-state index contributed by atoms with van der Waals surface area (Å²) < 4.78 is 0. The molecular formula is C14H21N3O. The lowest BCUT2D eigenvalue weighted by atomic mass is 10.2. The Bertz CT molecular complexity index is 396.